The molecule has 1 unspecified atom stereocenters. The quantitative estimate of drug-likeness (QED) is 0.0198. The van der Waals surface area contributed by atoms with E-state index in [1.54, 1.807) is 0 Å². The van der Waals surface area contributed by atoms with Gasteiger partial charge < -0.3 is 30.3 Å². The molecule has 0 saturated heterocycles. The monoisotopic (exact) mass is 850 g/mol. The van der Waals surface area contributed by atoms with Gasteiger partial charge in [0.1, 0.15) is 12.6 Å². The first-order chi connectivity index (χ1) is 28.6. The van der Waals surface area contributed by atoms with Crippen molar-refractivity contribution in [3.8, 4) is 0 Å². The Morgan fingerprint density at radius 2 is 0.983 bits per heavy atom. The van der Waals surface area contributed by atoms with E-state index in [1.165, 1.54) is 19.3 Å². The Bertz CT molecular complexity index is 1320. The van der Waals surface area contributed by atoms with Crippen LogP contribution in [0.3, 0.4) is 0 Å². The molecule has 0 aliphatic rings. The maximum atomic E-state index is 12.6. The van der Waals surface area contributed by atoms with Gasteiger partial charge in [0.2, 0.25) is 0 Å². The van der Waals surface area contributed by atoms with Gasteiger partial charge in [0, 0.05) is 19.4 Å². The van der Waals surface area contributed by atoms with E-state index in [9.17, 15) is 23.8 Å². The number of nitrogens with two attached hydrogens (primary N) is 1. The Morgan fingerprint density at radius 3 is 1.47 bits per heavy atom. The van der Waals surface area contributed by atoms with Crippen LogP contribution in [-0.4, -0.2) is 71.6 Å². The Balaban J connectivity index is 4.52. The van der Waals surface area contributed by atoms with Gasteiger partial charge in [0.15, 0.2) is 6.10 Å². The van der Waals surface area contributed by atoms with Crippen LogP contribution >= 0.6 is 7.82 Å². The normalized spacial score (nSPS) is 14.5. The fourth-order valence-corrected chi connectivity index (χ4v) is 6.00. The first-order valence-corrected chi connectivity index (χ1v) is 23.2. The van der Waals surface area contributed by atoms with E-state index in [4.69, 9.17) is 29.9 Å². The Morgan fingerprint density at radius 1 is 0.559 bits per heavy atom. The number of aliphatic carboxylic acids is 1. The molecular formula is C46H76NO11P. The highest BCUT2D eigenvalue weighted by molar-refractivity contribution is 7.47. The van der Waals surface area contributed by atoms with Crippen molar-refractivity contribution in [3.63, 3.8) is 0 Å². The third kappa shape index (κ3) is 41.2. The molecule has 0 amide bonds. The molecule has 0 saturated carbocycles. The van der Waals surface area contributed by atoms with E-state index in [1.807, 2.05) is 12.2 Å². The number of carbonyl (C=O) groups is 3. The number of allylic oxidation sites excluding steroid dienone is 14. The number of phosphoric acid groups is 1. The minimum Gasteiger partial charge on any atom is -0.480 e. The third-order valence-electron chi connectivity index (χ3n) is 8.67. The van der Waals surface area contributed by atoms with Gasteiger partial charge in [-0.05, 0) is 96.3 Å². The average Bonchev–Trinajstić information content (AvgIpc) is 3.21. The van der Waals surface area contributed by atoms with E-state index < -0.39 is 57.7 Å². The number of carboxylic acid groups (broad SMARTS) is 1. The topological polar surface area (TPSA) is 192 Å². The SMILES string of the molecule is CCCCC/C=C\C/C=C\C/C=C\CCCCCCC(=O)OC[C@H](COP(=O)(O)OC[C@H](N)C(=O)O)OC(=O)CCC/C=C\C/C=C\C/C=C\C/C=C\CCCCCO. The summed E-state index contributed by atoms with van der Waals surface area (Å²) in [6.45, 7) is 0.681. The lowest BCUT2D eigenvalue weighted by molar-refractivity contribution is -0.161. The van der Waals surface area contributed by atoms with Crippen molar-refractivity contribution in [1.29, 1.82) is 0 Å². The molecule has 5 N–H and O–H groups in total. The second kappa shape index (κ2) is 41.4. The number of rotatable bonds is 40. The van der Waals surface area contributed by atoms with Crippen LogP contribution in [0.2, 0.25) is 0 Å². The predicted octanol–water partition coefficient (Wildman–Crippen LogP) is 10.5. The zero-order chi connectivity index (χ0) is 43.5. The van der Waals surface area contributed by atoms with E-state index in [0.29, 0.717) is 19.3 Å². The zero-order valence-electron chi connectivity index (χ0n) is 35.8. The van der Waals surface area contributed by atoms with Gasteiger partial charge in [-0.3, -0.25) is 23.4 Å². The molecule has 12 nitrogen and oxygen atoms in total. The highest BCUT2D eigenvalue weighted by atomic mass is 31.2. The molecule has 0 bridgehead atoms. The lowest BCUT2D eigenvalue weighted by atomic mass is 10.1. The molecule has 0 aromatic carbocycles. The maximum Gasteiger partial charge on any atom is 0.472 e. The highest BCUT2D eigenvalue weighted by Crippen LogP contribution is 2.43. The molecule has 0 rings (SSSR count). The smallest absolute Gasteiger partial charge is 0.472 e. The number of unbranched alkanes of at least 4 members (excludes halogenated alkanes) is 11. The number of phosphoric ester groups is 1. The summed E-state index contributed by atoms with van der Waals surface area (Å²) in [7, 11) is -4.75. The second-order valence-electron chi connectivity index (χ2n) is 14.2. The van der Waals surface area contributed by atoms with Crippen molar-refractivity contribution in [2.45, 2.75) is 160 Å². The van der Waals surface area contributed by atoms with Gasteiger partial charge in [-0.1, -0.05) is 124 Å². The zero-order valence-corrected chi connectivity index (χ0v) is 36.6. The molecule has 336 valence electrons. The fourth-order valence-electron chi connectivity index (χ4n) is 5.22. The van der Waals surface area contributed by atoms with Crippen LogP contribution in [0.1, 0.15) is 148 Å². The summed E-state index contributed by atoms with van der Waals surface area (Å²) < 4.78 is 32.6. The minimum absolute atomic E-state index is 0.0655. The fraction of sp³-hybridized carbons (Fsp3) is 0.630. The van der Waals surface area contributed by atoms with Gasteiger partial charge in [0.05, 0.1) is 13.2 Å². The van der Waals surface area contributed by atoms with Crippen molar-refractivity contribution in [3.05, 3.63) is 85.1 Å². The van der Waals surface area contributed by atoms with Crippen molar-refractivity contribution < 1.29 is 52.6 Å². The molecule has 0 radical (unpaired) electrons. The summed E-state index contributed by atoms with van der Waals surface area (Å²) in [6, 6.07) is -1.54. The van der Waals surface area contributed by atoms with Crippen LogP contribution < -0.4 is 5.73 Å². The summed E-state index contributed by atoms with van der Waals surface area (Å²) in [5.74, 6) is -2.51. The largest absolute Gasteiger partial charge is 0.480 e. The Labute approximate surface area is 355 Å². The summed E-state index contributed by atoms with van der Waals surface area (Å²) in [5.41, 5.74) is 5.32. The molecular weight excluding hydrogens is 773 g/mol. The average molecular weight is 850 g/mol. The van der Waals surface area contributed by atoms with Crippen molar-refractivity contribution in [2.75, 3.05) is 26.4 Å². The van der Waals surface area contributed by atoms with E-state index in [-0.39, 0.29) is 19.4 Å². The van der Waals surface area contributed by atoms with Crippen LogP contribution in [-0.2, 0) is 37.5 Å². The number of carbonyl (C=O) groups excluding carboxylic acids is 2. The van der Waals surface area contributed by atoms with E-state index >= 15 is 0 Å². The molecule has 0 heterocycles. The van der Waals surface area contributed by atoms with Gasteiger partial charge in [-0.25, -0.2) is 4.57 Å². The van der Waals surface area contributed by atoms with Gasteiger partial charge in [-0.2, -0.15) is 0 Å². The van der Waals surface area contributed by atoms with Crippen LogP contribution in [0.15, 0.2) is 85.1 Å². The first-order valence-electron chi connectivity index (χ1n) is 21.7. The molecule has 0 aromatic heterocycles. The van der Waals surface area contributed by atoms with Crippen molar-refractivity contribution in [1.82, 2.24) is 0 Å². The summed E-state index contributed by atoms with van der Waals surface area (Å²) in [6.07, 6.45) is 48.1. The van der Waals surface area contributed by atoms with E-state index in [2.05, 4.69) is 84.4 Å². The number of aliphatic hydroxyl groups is 1. The number of hydrogen-bond acceptors (Lipinski definition) is 10. The predicted molar refractivity (Wildman–Crippen MR) is 236 cm³/mol. The number of esters is 2. The van der Waals surface area contributed by atoms with Crippen LogP contribution in [0.4, 0.5) is 0 Å². The van der Waals surface area contributed by atoms with Crippen LogP contribution in [0, 0.1) is 0 Å². The highest BCUT2D eigenvalue weighted by Gasteiger charge is 2.28. The molecule has 0 spiro atoms. The minimum atomic E-state index is -4.75. The molecule has 0 aliphatic heterocycles. The molecule has 0 aliphatic carbocycles. The third-order valence-corrected chi connectivity index (χ3v) is 9.62. The number of hydrogen-bond donors (Lipinski definition) is 4. The number of aliphatic hydroxyl groups excluding tert-OH is 1. The van der Waals surface area contributed by atoms with Gasteiger partial charge >= 0.3 is 25.7 Å². The molecule has 0 aromatic rings. The summed E-state index contributed by atoms with van der Waals surface area (Å²) >= 11 is 0. The van der Waals surface area contributed by atoms with Gasteiger partial charge in [0.25, 0.3) is 0 Å². The molecule has 3 atom stereocenters. The second-order valence-corrected chi connectivity index (χ2v) is 15.6. The lowest BCUT2D eigenvalue weighted by Crippen LogP contribution is -2.34. The Kier molecular flexibility index (Phi) is 39.0. The molecule has 13 heteroatoms. The van der Waals surface area contributed by atoms with E-state index in [0.717, 1.165) is 89.9 Å². The number of ether oxygens (including phenoxy) is 2. The first kappa shape index (κ1) is 55.6. The summed E-state index contributed by atoms with van der Waals surface area (Å²) in [4.78, 5) is 45.9. The number of carboxylic acids is 1. The van der Waals surface area contributed by atoms with Crippen LogP contribution in [0.25, 0.3) is 0 Å². The van der Waals surface area contributed by atoms with Gasteiger partial charge in [-0.15, -0.1) is 0 Å². The van der Waals surface area contributed by atoms with Crippen molar-refractivity contribution in [2.24, 2.45) is 5.73 Å². The standard InChI is InChI=1S/C46H76NO11P/c1-2-3-4-5-6-7-8-9-10-12-15-18-21-24-27-30-33-36-44(49)55-39-42(40-56-59(53,54)57-41-43(47)46(51)52)58-45(50)37-34-31-28-25-22-19-16-13-11-14-17-20-23-26-29-32-35-38-48/h6-7,9-11,14-16,18-20,23,25,28,42-43,48H,2-5,8,12-13,17,21-22,24,26-27,29-41,47H2,1H3,(H,51,52)(H,53,54)/b7-6-,10-9-,14-11-,18-15-,19-16-,23-20-,28-25-/t42-,43+/m1/s1. The molecule has 0 fully saturated rings. The summed E-state index contributed by atoms with van der Waals surface area (Å²) in [5, 5.41) is 17.7. The van der Waals surface area contributed by atoms with Crippen LogP contribution in [0.5, 0.6) is 0 Å². The lowest BCUT2D eigenvalue weighted by Gasteiger charge is -2.20. The molecule has 59 heavy (non-hydrogen) atoms. The Hall–Kier alpha value is -3.38. The maximum absolute atomic E-state index is 12.6. The van der Waals surface area contributed by atoms with Crippen molar-refractivity contribution >= 4 is 25.7 Å².